The Morgan fingerprint density at radius 2 is 1.88 bits per heavy atom. The van der Waals surface area contributed by atoms with Crippen molar-refractivity contribution in [1.29, 1.82) is 0 Å². The molecule has 2 aliphatic heterocycles. The lowest BCUT2D eigenvalue weighted by Gasteiger charge is -2.44. The van der Waals surface area contributed by atoms with Crippen molar-refractivity contribution in [3.63, 3.8) is 0 Å². The van der Waals surface area contributed by atoms with Crippen LogP contribution in [-0.2, 0) is 35.0 Å². The van der Waals surface area contributed by atoms with Crippen LogP contribution >= 0.6 is 0 Å². The maximum absolute atomic E-state index is 12.7. The molecule has 0 amide bonds. The largest absolute Gasteiger partial charge is 0.465 e. The number of methoxy groups -OCH3 is 1. The summed E-state index contributed by atoms with van der Waals surface area (Å²) < 4.78 is 28.2. The smallest absolute Gasteiger partial charge is 0.366 e. The maximum Gasteiger partial charge on any atom is 0.366 e. The zero-order valence-electron chi connectivity index (χ0n) is 20.6. The first-order valence-electron chi connectivity index (χ1n) is 12.0. The second kappa shape index (κ2) is 11.9. The van der Waals surface area contributed by atoms with Gasteiger partial charge in [0.05, 0.1) is 26.4 Å². The number of aliphatic hydroxyl groups is 2. The van der Waals surface area contributed by atoms with Crippen LogP contribution < -0.4 is 0 Å². The average Bonchev–Trinajstić information content (AvgIpc) is 3.17. The molecule has 2 N–H and O–H groups in total. The van der Waals surface area contributed by atoms with Crippen LogP contribution in [0.15, 0.2) is 30.3 Å². The van der Waals surface area contributed by atoms with Gasteiger partial charge in [-0.15, -0.1) is 0 Å². The summed E-state index contributed by atoms with van der Waals surface area (Å²) in [6.45, 7) is 5.74. The molecule has 0 spiro atoms. The van der Waals surface area contributed by atoms with E-state index in [0.29, 0.717) is 6.42 Å². The van der Waals surface area contributed by atoms with Gasteiger partial charge in [0.2, 0.25) is 0 Å². The number of aliphatic hydroxyl groups excluding tert-OH is 2. The van der Waals surface area contributed by atoms with E-state index in [9.17, 15) is 15.0 Å². The van der Waals surface area contributed by atoms with E-state index in [1.165, 1.54) is 12.7 Å². The summed E-state index contributed by atoms with van der Waals surface area (Å²) in [6, 6.07) is 10.3. The number of hydrogen-bond acceptors (Lipinski definition) is 9. The molecule has 0 saturated carbocycles. The van der Waals surface area contributed by atoms with Gasteiger partial charge in [-0.25, -0.2) is 4.79 Å². The fourth-order valence-corrected chi connectivity index (χ4v) is 4.44. The predicted octanol–water partition coefficient (Wildman–Crippen LogP) is 1.84. The van der Waals surface area contributed by atoms with E-state index in [1.807, 2.05) is 18.2 Å². The van der Waals surface area contributed by atoms with E-state index in [2.05, 4.69) is 24.1 Å². The number of nitrogens with zero attached hydrogens (tertiary/aromatic N) is 1. The van der Waals surface area contributed by atoms with Crippen molar-refractivity contribution >= 4 is 5.97 Å². The monoisotopic (exact) mass is 481 g/mol. The highest BCUT2D eigenvalue weighted by molar-refractivity contribution is 5.78. The van der Waals surface area contributed by atoms with Gasteiger partial charge in [0.1, 0.15) is 18.3 Å². The van der Waals surface area contributed by atoms with Gasteiger partial charge < -0.3 is 38.8 Å². The fraction of sp³-hybridized carbons (Fsp3) is 0.720. The predicted molar refractivity (Wildman–Crippen MR) is 124 cm³/mol. The van der Waals surface area contributed by atoms with Crippen molar-refractivity contribution in [3.05, 3.63) is 35.9 Å². The number of carbonyl (C=O) groups is 1. The number of unbranched alkanes of at least 4 members (excludes halogenated alkanes) is 2. The standard InChI is InChI=1S/C25H39NO8/c1-24(2)32-17-20(33-24)22-21(28)19(27)15-25(34-22,23(29)30-4)31-14-10-6-9-13-26(3)16-18-11-7-5-8-12-18/h5,7-8,11-12,19-22,27-28H,6,9-10,13-17H2,1-4H3. The molecule has 2 fully saturated rings. The molecule has 0 aromatic heterocycles. The lowest BCUT2D eigenvalue weighted by Crippen LogP contribution is -2.63. The van der Waals surface area contributed by atoms with E-state index >= 15 is 0 Å². The van der Waals surface area contributed by atoms with Crippen molar-refractivity contribution < 1.29 is 38.7 Å². The second-order valence-corrected chi connectivity index (χ2v) is 9.59. The molecule has 2 heterocycles. The third kappa shape index (κ3) is 6.97. The van der Waals surface area contributed by atoms with Crippen molar-refractivity contribution in [2.24, 2.45) is 0 Å². The van der Waals surface area contributed by atoms with Crippen LogP contribution in [0.5, 0.6) is 0 Å². The van der Waals surface area contributed by atoms with Crippen LogP contribution in [-0.4, -0.2) is 91.0 Å². The first kappa shape index (κ1) is 27.0. The van der Waals surface area contributed by atoms with Crippen LogP contribution in [0.2, 0.25) is 0 Å². The van der Waals surface area contributed by atoms with Gasteiger partial charge in [-0.2, -0.15) is 0 Å². The van der Waals surface area contributed by atoms with Gasteiger partial charge in [0.15, 0.2) is 5.79 Å². The van der Waals surface area contributed by atoms with Crippen LogP contribution in [0.3, 0.4) is 0 Å². The molecule has 2 aliphatic rings. The van der Waals surface area contributed by atoms with Gasteiger partial charge in [0.25, 0.3) is 5.79 Å². The summed E-state index contributed by atoms with van der Waals surface area (Å²) in [5, 5.41) is 21.1. The van der Waals surface area contributed by atoms with Crippen LogP contribution in [0.1, 0.15) is 45.1 Å². The quantitative estimate of drug-likeness (QED) is 0.362. The Balaban J connectivity index is 1.50. The lowest BCUT2D eigenvalue weighted by atomic mass is 9.92. The SMILES string of the molecule is COC(=O)C1(OCCCCCN(C)Cc2ccccc2)CC(O)C(O)C(C2COC(C)(C)O2)O1. The molecule has 9 nitrogen and oxygen atoms in total. The fourth-order valence-electron chi connectivity index (χ4n) is 4.44. The summed E-state index contributed by atoms with van der Waals surface area (Å²) in [5.41, 5.74) is 1.28. The van der Waals surface area contributed by atoms with E-state index in [1.54, 1.807) is 13.8 Å². The second-order valence-electron chi connectivity index (χ2n) is 9.59. The average molecular weight is 482 g/mol. The summed E-state index contributed by atoms with van der Waals surface area (Å²) in [7, 11) is 3.33. The number of hydrogen-bond donors (Lipinski definition) is 2. The van der Waals surface area contributed by atoms with E-state index in [-0.39, 0.29) is 19.6 Å². The minimum Gasteiger partial charge on any atom is -0.465 e. The zero-order valence-corrected chi connectivity index (χ0v) is 20.6. The summed E-state index contributed by atoms with van der Waals surface area (Å²) in [5.74, 6) is -3.40. The number of benzene rings is 1. The molecule has 5 unspecified atom stereocenters. The van der Waals surface area contributed by atoms with Crippen LogP contribution in [0, 0.1) is 0 Å². The van der Waals surface area contributed by atoms with Gasteiger partial charge in [-0.1, -0.05) is 30.3 Å². The normalized spacial score (nSPS) is 31.0. The third-order valence-electron chi connectivity index (χ3n) is 6.24. The molecule has 5 atom stereocenters. The molecule has 3 rings (SSSR count). The highest BCUT2D eigenvalue weighted by Gasteiger charge is 2.56. The molecule has 2 saturated heterocycles. The molecular formula is C25H39NO8. The Hall–Kier alpha value is -1.59. The lowest BCUT2D eigenvalue weighted by molar-refractivity contribution is -0.325. The Labute approximate surface area is 201 Å². The Bertz CT molecular complexity index is 775. The molecule has 192 valence electrons. The third-order valence-corrected chi connectivity index (χ3v) is 6.24. The summed E-state index contributed by atoms with van der Waals surface area (Å²) in [6.07, 6.45) is -1.79. The number of carbonyl (C=O) groups excluding carboxylic acids is 1. The summed E-state index contributed by atoms with van der Waals surface area (Å²) >= 11 is 0. The highest BCUT2D eigenvalue weighted by atomic mass is 16.8. The van der Waals surface area contributed by atoms with E-state index < -0.39 is 42.0 Å². The summed E-state index contributed by atoms with van der Waals surface area (Å²) in [4.78, 5) is 14.9. The molecular weight excluding hydrogens is 442 g/mol. The minimum atomic E-state index is -1.81. The first-order chi connectivity index (χ1) is 16.2. The van der Waals surface area contributed by atoms with E-state index in [0.717, 1.165) is 25.9 Å². The highest BCUT2D eigenvalue weighted by Crippen LogP contribution is 2.37. The Kier molecular flexibility index (Phi) is 9.45. The molecule has 1 aromatic carbocycles. The molecule has 0 aliphatic carbocycles. The molecule has 0 bridgehead atoms. The molecule has 9 heteroatoms. The number of ether oxygens (including phenoxy) is 5. The Morgan fingerprint density at radius 3 is 2.53 bits per heavy atom. The maximum atomic E-state index is 12.7. The van der Waals surface area contributed by atoms with E-state index in [4.69, 9.17) is 23.7 Å². The van der Waals surface area contributed by atoms with Gasteiger partial charge in [0, 0.05) is 13.0 Å². The number of rotatable bonds is 11. The van der Waals surface area contributed by atoms with Crippen LogP contribution in [0.4, 0.5) is 0 Å². The van der Waals surface area contributed by atoms with Gasteiger partial charge in [-0.05, 0) is 52.3 Å². The minimum absolute atomic E-state index is 0.162. The van der Waals surface area contributed by atoms with Crippen LogP contribution in [0.25, 0.3) is 0 Å². The zero-order chi connectivity index (χ0) is 24.8. The molecule has 0 radical (unpaired) electrons. The van der Waals surface area contributed by atoms with Crippen molar-refractivity contribution in [3.8, 4) is 0 Å². The molecule has 1 aromatic rings. The van der Waals surface area contributed by atoms with Gasteiger partial charge in [-0.3, -0.25) is 0 Å². The van der Waals surface area contributed by atoms with Crippen molar-refractivity contribution in [2.75, 3.05) is 33.9 Å². The molecule has 34 heavy (non-hydrogen) atoms. The van der Waals surface area contributed by atoms with Gasteiger partial charge >= 0.3 is 5.97 Å². The Morgan fingerprint density at radius 1 is 1.15 bits per heavy atom. The van der Waals surface area contributed by atoms with Crippen molar-refractivity contribution in [2.45, 2.75) is 82.1 Å². The topological polar surface area (TPSA) is 107 Å². The number of esters is 1. The first-order valence-corrected chi connectivity index (χ1v) is 12.0. The van der Waals surface area contributed by atoms with Crippen molar-refractivity contribution in [1.82, 2.24) is 4.90 Å².